The van der Waals surface area contributed by atoms with Gasteiger partial charge in [0.15, 0.2) is 5.76 Å². The summed E-state index contributed by atoms with van der Waals surface area (Å²) in [4.78, 5) is 10.8. The van der Waals surface area contributed by atoms with Gasteiger partial charge in [-0.2, -0.15) is 13.2 Å². The second kappa shape index (κ2) is 5.84. The number of hydrogen-bond donors (Lipinski definition) is 1. The maximum absolute atomic E-state index is 12.6. The molecule has 0 spiro atoms. The van der Waals surface area contributed by atoms with E-state index in [0.717, 1.165) is 12.1 Å². The Labute approximate surface area is 134 Å². The van der Waals surface area contributed by atoms with Crippen molar-refractivity contribution in [1.82, 2.24) is 5.16 Å². The van der Waals surface area contributed by atoms with Crippen molar-refractivity contribution in [2.45, 2.75) is 6.18 Å². The van der Waals surface area contributed by atoms with Gasteiger partial charge >= 0.3 is 12.1 Å². The zero-order chi connectivity index (χ0) is 17.3. The molecule has 4 nitrogen and oxygen atoms in total. The van der Waals surface area contributed by atoms with Gasteiger partial charge < -0.3 is 9.63 Å². The molecule has 0 saturated carbocycles. The van der Waals surface area contributed by atoms with Crippen molar-refractivity contribution in [1.29, 1.82) is 0 Å². The van der Waals surface area contributed by atoms with E-state index >= 15 is 0 Å². The number of aromatic carboxylic acids is 1. The standard InChI is InChI=1S/C17H10F3NO3/c18-17(19,20)13-7-5-11(6-8-13)15-9-14(21-24-15)10-1-3-12(4-2-10)16(22)23/h1-9H,(H,22,23). The van der Waals surface area contributed by atoms with Crippen LogP contribution in [0.5, 0.6) is 0 Å². The molecule has 2 aromatic carbocycles. The average molecular weight is 333 g/mol. The summed E-state index contributed by atoms with van der Waals surface area (Å²) in [6.45, 7) is 0. The van der Waals surface area contributed by atoms with E-state index in [4.69, 9.17) is 9.63 Å². The summed E-state index contributed by atoms with van der Waals surface area (Å²) in [6, 6.07) is 12.2. The van der Waals surface area contributed by atoms with E-state index in [9.17, 15) is 18.0 Å². The Morgan fingerprint density at radius 2 is 1.54 bits per heavy atom. The van der Waals surface area contributed by atoms with Crippen LogP contribution in [0.25, 0.3) is 22.6 Å². The van der Waals surface area contributed by atoms with E-state index in [0.29, 0.717) is 22.6 Å². The average Bonchev–Trinajstić information content (AvgIpc) is 3.04. The SMILES string of the molecule is O=C(O)c1ccc(-c2cc(-c3ccc(C(F)(F)F)cc3)on2)cc1. The van der Waals surface area contributed by atoms with Crippen LogP contribution in [-0.4, -0.2) is 16.2 Å². The Kier molecular flexibility index (Phi) is 3.84. The first-order chi connectivity index (χ1) is 11.3. The van der Waals surface area contributed by atoms with Gasteiger partial charge in [-0.1, -0.05) is 29.4 Å². The van der Waals surface area contributed by atoms with Gasteiger partial charge in [0, 0.05) is 17.2 Å². The third-order valence-corrected chi connectivity index (χ3v) is 3.43. The molecular formula is C17H10F3NO3. The van der Waals surface area contributed by atoms with Gasteiger partial charge in [0.25, 0.3) is 0 Å². The van der Waals surface area contributed by atoms with Crippen molar-refractivity contribution >= 4 is 5.97 Å². The van der Waals surface area contributed by atoms with Crippen molar-refractivity contribution in [2.24, 2.45) is 0 Å². The van der Waals surface area contributed by atoms with Gasteiger partial charge in [-0.25, -0.2) is 4.79 Å². The number of nitrogens with zero attached hydrogens (tertiary/aromatic N) is 1. The smallest absolute Gasteiger partial charge is 0.416 e. The summed E-state index contributed by atoms with van der Waals surface area (Å²) in [5.41, 5.74) is 0.966. The Morgan fingerprint density at radius 3 is 2.08 bits per heavy atom. The molecule has 3 rings (SSSR count). The minimum absolute atomic E-state index is 0.144. The van der Waals surface area contributed by atoms with Gasteiger partial charge in [-0.05, 0) is 24.3 Å². The number of carboxylic acid groups (broad SMARTS) is 1. The number of aromatic nitrogens is 1. The molecule has 3 aromatic rings. The fraction of sp³-hybridized carbons (Fsp3) is 0.0588. The summed E-state index contributed by atoms with van der Waals surface area (Å²) in [6.07, 6.45) is -4.39. The topological polar surface area (TPSA) is 63.3 Å². The van der Waals surface area contributed by atoms with Gasteiger partial charge in [-0.3, -0.25) is 0 Å². The van der Waals surface area contributed by atoms with Gasteiger partial charge in [-0.15, -0.1) is 0 Å². The van der Waals surface area contributed by atoms with Gasteiger partial charge in [0.05, 0.1) is 11.1 Å². The van der Waals surface area contributed by atoms with Crippen molar-refractivity contribution in [3.05, 3.63) is 65.7 Å². The van der Waals surface area contributed by atoms with Crippen molar-refractivity contribution in [3.8, 4) is 22.6 Å². The summed E-state index contributed by atoms with van der Waals surface area (Å²) in [5, 5.41) is 12.7. The maximum atomic E-state index is 12.6. The summed E-state index contributed by atoms with van der Waals surface area (Å²) in [5.74, 6) is -0.715. The van der Waals surface area contributed by atoms with E-state index in [1.54, 1.807) is 18.2 Å². The molecule has 0 fully saturated rings. The van der Waals surface area contributed by atoms with Crippen LogP contribution in [0, 0.1) is 0 Å². The van der Waals surface area contributed by atoms with Crippen LogP contribution in [-0.2, 0) is 6.18 Å². The number of rotatable bonds is 3. The Balaban J connectivity index is 1.86. The highest BCUT2D eigenvalue weighted by atomic mass is 19.4. The number of alkyl halides is 3. The predicted octanol–water partition coefficient (Wildman–Crippen LogP) is 4.73. The van der Waals surface area contributed by atoms with Crippen molar-refractivity contribution in [3.63, 3.8) is 0 Å². The first kappa shape index (κ1) is 15.8. The van der Waals surface area contributed by atoms with Gasteiger partial charge in [0.1, 0.15) is 5.69 Å². The lowest BCUT2D eigenvalue weighted by atomic mass is 10.1. The number of hydrogen-bond acceptors (Lipinski definition) is 3. The maximum Gasteiger partial charge on any atom is 0.416 e. The van der Waals surface area contributed by atoms with Crippen LogP contribution in [0.15, 0.2) is 59.1 Å². The Bertz CT molecular complexity index is 865. The molecule has 0 radical (unpaired) electrons. The van der Waals surface area contributed by atoms with Crippen LogP contribution in [0.3, 0.4) is 0 Å². The summed E-state index contributed by atoms with van der Waals surface area (Å²) >= 11 is 0. The van der Waals surface area contributed by atoms with E-state index in [1.807, 2.05) is 0 Å². The van der Waals surface area contributed by atoms with Crippen LogP contribution in [0.2, 0.25) is 0 Å². The number of halogens is 3. The second-order valence-electron chi connectivity index (χ2n) is 5.03. The molecule has 0 saturated heterocycles. The quantitative estimate of drug-likeness (QED) is 0.753. The minimum atomic E-state index is -4.39. The molecule has 0 aliphatic heterocycles. The molecular weight excluding hydrogens is 323 g/mol. The van der Waals surface area contributed by atoms with E-state index < -0.39 is 17.7 Å². The lowest BCUT2D eigenvalue weighted by Crippen LogP contribution is -2.03. The van der Waals surface area contributed by atoms with Crippen LogP contribution in [0.4, 0.5) is 13.2 Å². The zero-order valence-electron chi connectivity index (χ0n) is 12.0. The van der Waals surface area contributed by atoms with E-state index in [1.165, 1.54) is 24.3 Å². The van der Waals surface area contributed by atoms with E-state index in [-0.39, 0.29) is 5.56 Å². The highest BCUT2D eigenvalue weighted by Crippen LogP contribution is 2.32. The molecule has 122 valence electrons. The normalized spacial score (nSPS) is 11.5. The highest BCUT2D eigenvalue weighted by molar-refractivity contribution is 5.88. The van der Waals surface area contributed by atoms with Crippen LogP contribution >= 0.6 is 0 Å². The molecule has 0 aliphatic carbocycles. The molecule has 0 aliphatic rings. The first-order valence-corrected chi connectivity index (χ1v) is 6.83. The third kappa shape index (κ3) is 3.15. The molecule has 0 amide bonds. The summed E-state index contributed by atoms with van der Waals surface area (Å²) in [7, 11) is 0. The number of carboxylic acids is 1. The third-order valence-electron chi connectivity index (χ3n) is 3.43. The fourth-order valence-electron chi connectivity index (χ4n) is 2.15. The molecule has 0 bridgehead atoms. The van der Waals surface area contributed by atoms with Crippen LogP contribution < -0.4 is 0 Å². The predicted molar refractivity (Wildman–Crippen MR) is 79.3 cm³/mol. The lowest BCUT2D eigenvalue weighted by Gasteiger charge is -2.06. The molecule has 0 unspecified atom stereocenters. The number of carbonyl (C=O) groups is 1. The monoisotopic (exact) mass is 333 g/mol. The molecule has 7 heteroatoms. The molecule has 0 atom stereocenters. The molecule has 24 heavy (non-hydrogen) atoms. The Morgan fingerprint density at radius 1 is 0.958 bits per heavy atom. The molecule has 1 aromatic heterocycles. The number of benzene rings is 2. The van der Waals surface area contributed by atoms with E-state index in [2.05, 4.69) is 5.16 Å². The van der Waals surface area contributed by atoms with Crippen molar-refractivity contribution < 1.29 is 27.6 Å². The largest absolute Gasteiger partial charge is 0.478 e. The van der Waals surface area contributed by atoms with Gasteiger partial charge in [0.2, 0.25) is 0 Å². The fourth-order valence-corrected chi connectivity index (χ4v) is 2.15. The van der Waals surface area contributed by atoms with Crippen LogP contribution in [0.1, 0.15) is 15.9 Å². The van der Waals surface area contributed by atoms with Crippen molar-refractivity contribution in [2.75, 3.05) is 0 Å². The Hall–Kier alpha value is -3.09. The zero-order valence-corrected chi connectivity index (χ0v) is 12.0. The molecule has 1 N–H and O–H groups in total. The minimum Gasteiger partial charge on any atom is -0.478 e. The lowest BCUT2D eigenvalue weighted by molar-refractivity contribution is -0.137. The second-order valence-corrected chi connectivity index (χ2v) is 5.03. The highest BCUT2D eigenvalue weighted by Gasteiger charge is 2.30. The molecule has 1 heterocycles. The summed E-state index contributed by atoms with van der Waals surface area (Å²) < 4.78 is 42.8. The first-order valence-electron chi connectivity index (χ1n) is 6.83.